The molecule has 1 aromatic carbocycles. The minimum absolute atomic E-state index is 0.466. The van der Waals surface area contributed by atoms with Gasteiger partial charge in [0, 0.05) is 26.3 Å². The van der Waals surface area contributed by atoms with E-state index in [4.69, 9.17) is 4.74 Å². The smallest absolute Gasteiger partial charge is 0.0472 e. The van der Waals surface area contributed by atoms with Gasteiger partial charge in [-0.2, -0.15) is 0 Å². The summed E-state index contributed by atoms with van der Waals surface area (Å²) in [6.45, 7) is 9.57. The maximum Gasteiger partial charge on any atom is 0.0472 e. The van der Waals surface area contributed by atoms with Crippen LogP contribution in [0.25, 0.3) is 0 Å². The molecule has 0 heterocycles. The Morgan fingerprint density at radius 3 is 2.40 bits per heavy atom. The fraction of sp³-hybridized carbons (Fsp3) is 0.647. The van der Waals surface area contributed by atoms with Crippen LogP contribution in [-0.4, -0.2) is 44.8 Å². The Bertz CT molecular complexity index is 325. The van der Waals surface area contributed by atoms with E-state index in [1.807, 2.05) is 0 Å². The summed E-state index contributed by atoms with van der Waals surface area (Å²) < 4.78 is 5.08. The van der Waals surface area contributed by atoms with Crippen molar-refractivity contribution in [2.75, 3.05) is 39.9 Å². The average molecular weight is 278 g/mol. The van der Waals surface area contributed by atoms with E-state index in [2.05, 4.69) is 54.4 Å². The van der Waals surface area contributed by atoms with Crippen LogP contribution in [0.3, 0.4) is 0 Å². The highest BCUT2D eigenvalue weighted by Gasteiger charge is 2.16. The summed E-state index contributed by atoms with van der Waals surface area (Å²) in [7, 11) is 1.76. The predicted molar refractivity (Wildman–Crippen MR) is 86.1 cm³/mol. The number of nitrogens with one attached hydrogen (secondary N) is 1. The highest BCUT2D eigenvalue weighted by Crippen LogP contribution is 2.19. The Morgan fingerprint density at radius 2 is 1.80 bits per heavy atom. The minimum atomic E-state index is 0.466. The van der Waals surface area contributed by atoms with Crippen LogP contribution in [0.5, 0.6) is 0 Å². The summed E-state index contributed by atoms with van der Waals surface area (Å²) in [6, 6.07) is 11.3. The van der Waals surface area contributed by atoms with E-state index in [0.29, 0.717) is 6.04 Å². The predicted octanol–water partition coefficient (Wildman–Crippen LogP) is 3.09. The molecule has 114 valence electrons. The van der Waals surface area contributed by atoms with Crippen LogP contribution in [0.15, 0.2) is 30.3 Å². The van der Waals surface area contributed by atoms with E-state index < -0.39 is 0 Å². The molecule has 0 saturated heterocycles. The highest BCUT2D eigenvalue weighted by molar-refractivity contribution is 5.19. The van der Waals surface area contributed by atoms with E-state index in [9.17, 15) is 0 Å². The Labute approximate surface area is 124 Å². The molecule has 1 rings (SSSR count). The van der Waals surface area contributed by atoms with Crippen LogP contribution in [-0.2, 0) is 4.74 Å². The molecule has 0 aromatic heterocycles. The van der Waals surface area contributed by atoms with Crippen LogP contribution in [0.2, 0.25) is 0 Å². The molecule has 1 atom stereocenters. The van der Waals surface area contributed by atoms with Crippen molar-refractivity contribution < 1.29 is 4.74 Å². The topological polar surface area (TPSA) is 24.5 Å². The van der Waals surface area contributed by atoms with Gasteiger partial charge in [-0.05, 0) is 38.0 Å². The summed E-state index contributed by atoms with van der Waals surface area (Å²) in [4.78, 5) is 2.51. The normalized spacial score (nSPS) is 12.8. The van der Waals surface area contributed by atoms with Crippen LogP contribution >= 0.6 is 0 Å². The van der Waals surface area contributed by atoms with Crippen molar-refractivity contribution in [3.63, 3.8) is 0 Å². The maximum atomic E-state index is 5.08. The maximum absolute atomic E-state index is 5.08. The van der Waals surface area contributed by atoms with Gasteiger partial charge in [0.15, 0.2) is 0 Å². The molecule has 3 heteroatoms. The van der Waals surface area contributed by atoms with Crippen molar-refractivity contribution in [2.24, 2.45) is 0 Å². The fourth-order valence-electron chi connectivity index (χ4n) is 2.53. The zero-order valence-electron chi connectivity index (χ0n) is 13.3. The van der Waals surface area contributed by atoms with E-state index >= 15 is 0 Å². The lowest BCUT2D eigenvalue weighted by Gasteiger charge is -2.30. The number of methoxy groups -OCH3 is 1. The van der Waals surface area contributed by atoms with Gasteiger partial charge >= 0.3 is 0 Å². The van der Waals surface area contributed by atoms with Crippen molar-refractivity contribution in [3.8, 4) is 0 Å². The van der Waals surface area contributed by atoms with E-state index in [-0.39, 0.29) is 0 Å². The van der Waals surface area contributed by atoms with Crippen LogP contribution in [0.4, 0.5) is 0 Å². The second kappa shape index (κ2) is 10.8. The Morgan fingerprint density at radius 1 is 1.10 bits per heavy atom. The molecule has 0 radical (unpaired) electrons. The fourth-order valence-corrected chi connectivity index (χ4v) is 2.53. The standard InChI is InChI=1S/C17H30N2O/c1-4-19(5-2)17(16-11-7-6-8-12-16)15-18-13-9-10-14-20-3/h6-8,11-12,17-18H,4-5,9-10,13-15H2,1-3H3. The molecule has 0 bridgehead atoms. The first-order chi connectivity index (χ1) is 9.83. The summed E-state index contributed by atoms with van der Waals surface area (Å²) in [6.07, 6.45) is 2.30. The molecule has 0 aliphatic heterocycles. The molecule has 0 spiro atoms. The quantitative estimate of drug-likeness (QED) is 0.630. The number of nitrogens with zero attached hydrogens (tertiary/aromatic N) is 1. The van der Waals surface area contributed by atoms with Crippen molar-refractivity contribution in [2.45, 2.75) is 32.7 Å². The van der Waals surface area contributed by atoms with Gasteiger partial charge in [-0.15, -0.1) is 0 Å². The zero-order valence-corrected chi connectivity index (χ0v) is 13.3. The minimum Gasteiger partial charge on any atom is -0.385 e. The third kappa shape index (κ3) is 6.04. The van der Waals surface area contributed by atoms with Gasteiger partial charge in [0.05, 0.1) is 0 Å². The first-order valence-corrected chi connectivity index (χ1v) is 7.82. The second-order valence-electron chi connectivity index (χ2n) is 5.05. The Hall–Kier alpha value is -0.900. The summed E-state index contributed by atoms with van der Waals surface area (Å²) in [5.74, 6) is 0. The molecule has 20 heavy (non-hydrogen) atoms. The van der Waals surface area contributed by atoms with Crippen LogP contribution < -0.4 is 5.32 Å². The molecule has 0 aliphatic rings. The Balaban J connectivity index is 2.47. The monoisotopic (exact) mass is 278 g/mol. The molecule has 1 unspecified atom stereocenters. The van der Waals surface area contributed by atoms with Crippen molar-refractivity contribution in [1.82, 2.24) is 10.2 Å². The van der Waals surface area contributed by atoms with Crippen molar-refractivity contribution in [3.05, 3.63) is 35.9 Å². The first kappa shape index (κ1) is 17.2. The molecule has 0 saturated carbocycles. The first-order valence-electron chi connectivity index (χ1n) is 7.82. The van der Waals surface area contributed by atoms with Gasteiger partial charge in [-0.25, -0.2) is 0 Å². The number of likely N-dealkylation sites (N-methyl/N-ethyl adjacent to an activating group) is 1. The van der Waals surface area contributed by atoms with Crippen molar-refractivity contribution >= 4 is 0 Å². The largest absolute Gasteiger partial charge is 0.385 e. The lowest BCUT2D eigenvalue weighted by molar-refractivity contribution is 0.190. The van der Waals surface area contributed by atoms with E-state index in [1.165, 1.54) is 12.0 Å². The molecule has 3 nitrogen and oxygen atoms in total. The van der Waals surface area contributed by atoms with E-state index in [0.717, 1.165) is 39.2 Å². The average Bonchev–Trinajstić information content (AvgIpc) is 2.50. The SMILES string of the molecule is CCN(CC)C(CNCCCCOC)c1ccccc1. The van der Waals surface area contributed by atoms with E-state index in [1.54, 1.807) is 7.11 Å². The molecule has 1 aromatic rings. The van der Waals surface area contributed by atoms with Gasteiger partial charge < -0.3 is 10.1 Å². The molecular weight excluding hydrogens is 248 g/mol. The van der Waals surface area contributed by atoms with Gasteiger partial charge in [0.2, 0.25) is 0 Å². The number of hydrogen-bond acceptors (Lipinski definition) is 3. The van der Waals surface area contributed by atoms with Crippen molar-refractivity contribution in [1.29, 1.82) is 0 Å². The molecular formula is C17H30N2O. The second-order valence-corrected chi connectivity index (χ2v) is 5.05. The number of benzene rings is 1. The summed E-state index contributed by atoms with van der Waals surface area (Å²) in [5.41, 5.74) is 1.40. The molecule has 0 fully saturated rings. The number of ether oxygens (including phenoxy) is 1. The summed E-state index contributed by atoms with van der Waals surface area (Å²) in [5, 5.41) is 3.59. The molecule has 0 amide bonds. The highest BCUT2D eigenvalue weighted by atomic mass is 16.5. The van der Waals surface area contributed by atoms with Crippen LogP contribution in [0.1, 0.15) is 38.3 Å². The lowest BCUT2D eigenvalue weighted by Crippen LogP contribution is -2.36. The Kier molecular flexibility index (Phi) is 9.29. The van der Waals surface area contributed by atoms with Gasteiger partial charge in [-0.3, -0.25) is 4.90 Å². The molecule has 0 aliphatic carbocycles. The van der Waals surface area contributed by atoms with Gasteiger partial charge in [0.25, 0.3) is 0 Å². The third-order valence-corrected chi connectivity index (χ3v) is 3.73. The molecule has 1 N–H and O–H groups in total. The number of hydrogen-bond donors (Lipinski definition) is 1. The van der Waals surface area contributed by atoms with Crippen LogP contribution in [0, 0.1) is 0 Å². The number of unbranched alkanes of at least 4 members (excludes halogenated alkanes) is 1. The van der Waals surface area contributed by atoms with Gasteiger partial charge in [-0.1, -0.05) is 44.2 Å². The zero-order chi connectivity index (χ0) is 14.6. The lowest BCUT2D eigenvalue weighted by atomic mass is 10.1. The number of rotatable bonds is 11. The third-order valence-electron chi connectivity index (χ3n) is 3.73. The summed E-state index contributed by atoms with van der Waals surface area (Å²) >= 11 is 0. The van der Waals surface area contributed by atoms with Gasteiger partial charge in [0.1, 0.15) is 0 Å².